The number of hydrogen-bond donors (Lipinski definition) is 1. The van der Waals surface area contributed by atoms with Crippen LogP contribution in [-0.2, 0) is 17.9 Å². The topological polar surface area (TPSA) is 73.5 Å². The summed E-state index contributed by atoms with van der Waals surface area (Å²) >= 11 is 0. The number of nitrogens with one attached hydrogen (secondary N) is 1. The van der Waals surface area contributed by atoms with E-state index in [9.17, 15) is 9.59 Å². The van der Waals surface area contributed by atoms with Crippen molar-refractivity contribution in [3.8, 4) is 11.5 Å². The Hall–Kier alpha value is -3.80. The molecule has 6 nitrogen and oxygen atoms in total. The van der Waals surface area contributed by atoms with Gasteiger partial charge in [0.1, 0.15) is 11.5 Å². The molecule has 4 rings (SSSR count). The van der Waals surface area contributed by atoms with Crippen molar-refractivity contribution < 1.29 is 13.9 Å². The Balaban J connectivity index is 1.31. The first-order valence-electron chi connectivity index (χ1n) is 9.86. The van der Waals surface area contributed by atoms with Crippen LogP contribution in [0.4, 0.5) is 0 Å². The summed E-state index contributed by atoms with van der Waals surface area (Å²) in [6.45, 7) is 0.799. The van der Waals surface area contributed by atoms with Crippen molar-refractivity contribution in [1.82, 2.24) is 9.88 Å². The molecule has 3 aromatic carbocycles. The second-order valence-electron chi connectivity index (χ2n) is 6.89. The molecule has 6 heteroatoms. The van der Waals surface area contributed by atoms with E-state index >= 15 is 0 Å². The second kappa shape index (κ2) is 9.13. The lowest BCUT2D eigenvalue weighted by Gasteiger charge is -2.12. The number of hydrogen-bond acceptors (Lipinski definition) is 4. The molecule has 0 fully saturated rings. The number of amides is 1. The predicted octanol–water partition coefficient (Wildman–Crippen LogP) is 4.48. The summed E-state index contributed by atoms with van der Waals surface area (Å²) in [5.41, 5.74) is 2.20. The lowest BCUT2D eigenvalue weighted by atomic mass is 10.2. The molecule has 1 amide bonds. The maximum absolute atomic E-state index is 12.3. The number of oxazole rings is 1. The van der Waals surface area contributed by atoms with Crippen LogP contribution in [0.15, 0.2) is 88.1 Å². The summed E-state index contributed by atoms with van der Waals surface area (Å²) in [5, 5.41) is 2.93. The molecule has 30 heavy (non-hydrogen) atoms. The standard InChI is InChI=1S/C24H22N2O4/c27-23(15-8-16-26-20-12-5-7-14-22(20)30-24(26)28)25-17-18-9-4-6-13-21(18)29-19-10-2-1-3-11-19/h1-7,9-14H,8,15-17H2,(H,25,27). The van der Waals surface area contributed by atoms with E-state index in [0.717, 1.165) is 16.8 Å². The van der Waals surface area contributed by atoms with Gasteiger partial charge in [-0.25, -0.2) is 4.79 Å². The Morgan fingerprint density at radius 2 is 1.67 bits per heavy atom. The number of para-hydroxylation sites is 4. The lowest BCUT2D eigenvalue weighted by Crippen LogP contribution is -2.23. The van der Waals surface area contributed by atoms with E-state index in [0.29, 0.717) is 37.3 Å². The minimum absolute atomic E-state index is 0.0784. The van der Waals surface area contributed by atoms with Crippen LogP contribution in [0.2, 0.25) is 0 Å². The summed E-state index contributed by atoms with van der Waals surface area (Å²) in [6, 6.07) is 24.4. The van der Waals surface area contributed by atoms with E-state index in [1.807, 2.05) is 72.8 Å². The monoisotopic (exact) mass is 402 g/mol. The van der Waals surface area contributed by atoms with E-state index < -0.39 is 5.76 Å². The largest absolute Gasteiger partial charge is 0.457 e. The molecule has 0 bridgehead atoms. The SMILES string of the molecule is O=C(CCCn1c(=O)oc2ccccc21)NCc1ccccc1Oc1ccccc1. The van der Waals surface area contributed by atoms with Crippen LogP contribution >= 0.6 is 0 Å². The van der Waals surface area contributed by atoms with Gasteiger partial charge in [0.2, 0.25) is 5.91 Å². The van der Waals surface area contributed by atoms with Crippen molar-refractivity contribution in [3.63, 3.8) is 0 Å². The van der Waals surface area contributed by atoms with Crippen molar-refractivity contribution >= 4 is 17.0 Å². The van der Waals surface area contributed by atoms with Gasteiger partial charge in [-0.3, -0.25) is 9.36 Å². The number of aryl methyl sites for hydroxylation is 1. The Morgan fingerprint density at radius 1 is 0.933 bits per heavy atom. The van der Waals surface area contributed by atoms with Gasteiger partial charge in [0.25, 0.3) is 0 Å². The van der Waals surface area contributed by atoms with Crippen molar-refractivity contribution in [2.45, 2.75) is 25.9 Å². The third-order valence-corrected chi connectivity index (χ3v) is 4.78. The van der Waals surface area contributed by atoms with Gasteiger partial charge in [-0.1, -0.05) is 48.5 Å². The molecule has 1 N–H and O–H groups in total. The summed E-state index contributed by atoms with van der Waals surface area (Å²) in [7, 11) is 0. The van der Waals surface area contributed by atoms with Crippen molar-refractivity contribution in [2.75, 3.05) is 0 Å². The summed E-state index contributed by atoms with van der Waals surface area (Å²) < 4.78 is 12.7. The number of aromatic nitrogens is 1. The van der Waals surface area contributed by atoms with Gasteiger partial charge in [-0.2, -0.15) is 0 Å². The number of nitrogens with zero attached hydrogens (tertiary/aromatic N) is 1. The fourth-order valence-electron chi connectivity index (χ4n) is 3.27. The quantitative estimate of drug-likeness (QED) is 0.471. The highest BCUT2D eigenvalue weighted by atomic mass is 16.5. The third-order valence-electron chi connectivity index (χ3n) is 4.78. The van der Waals surface area contributed by atoms with Gasteiger partial charge in [0, 0.05) is 25.1 Å². The fraction of sp³-hybridized carbons (Fsp3) is 0.167. The number of carbonyl (C=O) groups excluding carboxylic acids is 1. The van der Waals surface area contributed by atoms with Crippen LogP contribution in [0.3, 0.4) is 0 Å². The molecule has 0 saturated heterocycles. The van der Waals surface area contributed by atoms with Crippen LogP contribution in [0, 0.1) is 0 Å². The molecule has 1 aromatic heterocycles. The zero-order valence-corrected chi connectivity index (χ0v) is 16.4. The summed E-state index contributed by atoms with van der Waals surface area (Å²) in [4.78, 5) is 24.3. The van der Waals surface area contributed by atoms with Crippen molar-refractivity contribution in [3.05, 3.63) is 95.0 Å². The van der Waals surface area contributed by atoms with Crippen LogP contribution < -0.4 is 15.8 Å². The molecule has 4 aromatic rings. The molecule has 0 aliphatic carbocycles. The smallest absolute Gasteiger partial charge is 0.419 e. The minimum Gasteiger partial charge on any atom is -0.457 e. The van der Waals surface area contributed by atoms with E-state index in [1.54, 1.807) is 10.6 Å². The number of carbonyl (C=O) groups is 1. The Kier molecular flexibility index (Phi) is 5.94. The molecule has 0 atom stereocenters. The predicted molar refractivity (Wildman–Crippen MR) is 115 cm³/mol. The molecular formula is C24H22N2O4. The van der Waals surface area contributed by atoms with Crippen LogP contribution in [-0.4, -0.2) is 10.5 Å². The van der Waals surface area contributed by atoms with E-state index in [4.69, 9.17) is 9.15 Å². The molecule has 0 saturated carbocycles. The first-order chi connectivity index (χ1) is 14.7. The van der Waals surface area contributed by atoms with Crippen molar-refractivity contribution in [2.24, 2.45) is 0 Å². The van der Waals surface area contributed by atoms with Crippen LogP contribution in [0.25, 0.3) is 11.1 Å². The van der Waals surface area contributed by atoms with Crippen molar-refractivity contribution in [1.29, 1.82) is 0 Å². The van der Waals surface area contributed by atoms with E-state index in [1.165, 1.54) is 0 Å². The number of benzene rings is 3. The minimum atomic E-state index is -0.399. The van der Waals surface area contributed by atoms with Crippen LogP contribution in [0.1, 0.15) is 18.4 Å². The van der Waals surface area contributed by atoms with Crippen LogP contribution in [0.5, 0.6) is 11.5 Å². The molecule has 152 valence electrons. The Labute approximate surface area is 173 Å². The van der Waals surface area contributed by atoms with Gasteiger partial charge in [-0.05, 0) is 36.8 Å². The molecule has 0 radical (unpaired) electrons. The zero-order valence-electron chi connectivity index (χ0n) is 16.4. The first-order valence-corrected chi connectivity index (χ1v) is 9.86. The molecule has 0 spiro atoms. The maximum Gasteiger partial charge on any atom is 0.419 e. The normalized spacial score (nSPS) is 10.8. The van der Waals surface area contributed by atoms with E-state index in [2.05, 4.69) is 5.32 Å². The summed E-state index contributed by atoms with van der Waals surface area (Å²) in [6.07, 6.45) is 0.852. The van der Waals surface area contributed by atoms with Gasteiger partial charge in [-0.15, -0.1) is 0 Å². The molecule has 0 aliphatic rings. The molecule has 1 heterocycles. The highest BCUT2D eigenvalue weighted by molar-refractivity contribution is 5.76. The first kappa shape index (κ1) is 19.5. The lowest BCUT2D eigenvalue weighted by molar-refractivity contribution is -0.121. The van der Waals surface area contributed by atoms with Gasteiger partial charge in [0.05, 0.1) is 5.52 Å². The molecule has 0 unspecified atom stereocenters. The Bertz CT molecular complexity index is 1190. The Morgan fingerprint density at radius 3 is 2.53 bits per heavy atom. The highest BCUT2D eigenvalue weighted by Gasteiger charge is 2.10. The maximum atomic E-state index is 12.3. The third kappa shape index (κ3) is 4.60. The number of rotatable bonds is 8. The highest BCUT2D eigenvalue weighted by Crippen LogP contribution is 2.24. The summed E-state index contributed by atoms with van der Waals surface area (Å²) in [5.74, 6) is 0.975. The number of ether oxygens (including phenoxy) is 1. The fourth-order valence-corrected chi connectivity index (χ4v) is 3.27. The average molecular weight is 402 g/mol. The van der Waals surface area contributed by atoms with Gasteiger partial charge >= 0.3 is 5.76 Å². The van der Waals surface area contributed by atoms with Gasteiger partial charge < -0.3 is 14.5 Å². The number of fused-ring (bicyclic) bond motifs is 1. The molecule has 0 aliphatic heterocycles. The van der Waals surface area contributed by atoms with Gasteiger partial charge in [0.15, 0.2) is 5.58 Å². The average Bonchev–Trinajstić information content (AvgIpc) is 3.09. The second-order valence-corrected chi connectivity index (χ2v) is 6.89. The van der Waals surface area contributed by atoms with E-state index in [-0.39, 0.29) is 5.91 Å². The zero-order chi connectivity index (χ0) is 20.8. The molecular weight excluding hydrogens is 380 g/mol.